The maximum absolute atomic E-state index is 11.9. The predicted octanol–water partition coefficient (Wildman–Crippen LogP) is -0.627. The van der Waals surface area contributed by atoms with Crippen molar-refractivity contribution in [3.8, 4) is 0 Å². The van der Waals surface area contributed by atoms with Crippen molar-refractivity contribution >= 4 is 21.8 Å². The molecule has 0 saturated heterocycles. The van der Waals surface area contributed by atoms with E-state index >= 15 is 0 Å². The summed E-state index contributed by atoms with van der Waals surface area (Å²) in [6.45, 7) is 6.37. The van der Waals surface area contributed by atoms with Crippen LogP contribution in [-0.2, 0) is 14.6 Å². The van der Waals surface area contributed by atoms with Gasteiger partial charge in [-0.3, -0.25) is 10.1 Å². The second kappa shape index (κ2) is 6.14. The van der Waals surface area contributed by atoms with Crippen molar-refractivity contribution in [2.75, 3.05) is 12.3 Å². The molecule has 7 nitrogen and oxygen atoms in total. The van der Waals surface area contributed by atoms with Crippen molar-refractivity contribution in [3.63, 3.8) is 0 Å². The van der Waals surface area contributed by atoms with Crippen molar-refractivity contribution in [3.05, 3.63) is 0 Å². The number of hydrogen-bond acceptors (Lipinski definition) is 5. The van der Waals surface area contributed by atoms with Crippen molar-refractivity contribution in [2.45, 2.75) is 38.5 Å². The van der Waals surface area contributed by atoms with Gasteiger partial charge in [-0.2, -0.15) is 0 Å². The van der Waals surface area contributed by atoms with E-state index in [1.54, 1.807) is 20.8 Å². The summed E-state index contributed by atoms with van der Waals surface area (Å²) in [6.07, 6.45) is 0. The van der Waals surface area contributed by atoms with Crippen LogP contribution in [0.1, 0.15) is 27.7 Å². The highest BCUT2D eigenvalue weighted by molar-refractivity contribution is 7.92. The number of sulfone groups is 1. The highest BCUT2D eigenvalue weighted by Crippen LogP contribution is 2.09. The first-order valence-corrected chi connectivity index (χ1v) is 7.30. The lowest BCUT2D eigenvalue weighted by molar-refractivity contribution is -0.119. The lowest BCUT2D eigenvalue weighted by Crippen LogP contribution is -2.49. The van der Waals surface area contributed by atoms with Crippen LogP contribution in [0.25, 0.3) is 0 Å². The minimum atomic E-state index is -3.69. The molecule has 0 bridgehead atoms. The van der Waals surface area contributed by atoms with Gasteiger partial charge in [0.1, 0.15) is 5.25 Å². The van der Waals surface area contributed by atoms with Gasteiger partial charge in [-0.05, 0) is 27.7 Å². The second-order valence-electron chi connectivity index (χ2n) is 4.79. The van der Waals surface area contributed by atoms with Gasteiger partial charge in [-0.1, -0.05) is 0 Å². The summed E-state index contributed by atoms with van der Waals surface area (Å²) in [5.41, 5.74) is 4.69. The largest absolute Gasteiger partial charge is 0.338 e. The van der Waals surface area contributed by atoms with Crippen molar-refractivity contribution in [1.29, 1.82) is 0 Å². The van der Waals surface area contributed by atoms with E-state index in [9.17, 15) is 18.0 Å². The molecule has 0 heterocycles. The Hall–Kier alpha value is -1.15. The fraction of sp³-hybridized carbons (Fsp3) is 0.800. The third kappa shape index (κ3) is 5.97. The highest BCUT2D eigenvalue weighted by Gasteiger charge is 2.32. The summed E-state index contributed by atoms with van der Waals surface area (Å²) in [6, 6.07) is -0.712. The van der Waals surface area contributed by atoms with Gasteiger partial charge < -0.3 is 11.1 Å². The molecule has 0 aliphatic heterocycles. The van der Waals surface area contributed by atoms with E-state index in [4.69, 9.17) is 5.73 Å². The van der Waals surface area contributed by atoms with E-state index in [1.165, 1.54) is 6.92 Å². The fourth-order valence-corrected chi connectivity index (χ4v) is 2.90. The molecule has 0 aliphatic rings. The number of hydrogen-bond donors (Lipinski definition) is 3. The molecular formula is C10H21N3O4S. The summed E-state index contributed by atoms with van der Waals surface area (Å²) >= 11 is 0. The van der Waals surface area contributed by atoms with Gasteiger partial charge in [0, 0.05) is 12.1 Å². The van der Waals surface area contributed by atoms with Crippen molar-refractivity contribution in [1.82, 2.24) is 10.6 Å². The predicted molar refractivity (Wildman–Crippen MR) is 68.7 cm³/mol. The van der Waals surface area contributed by atoms with Gasteiger partial charge in [0.05, 0.1) is 5.75 Å². The van der Waals surface area contributed by atoms with Gasteiger partial charge in [0.2, 0.25) is 5.91 Å². The quantitative estimate of drug-likeness (QED) is 0.619. The van der Waals surface area contributed by atoms with Gasteiger partial charge >= 0.3 is 6.03 Å². The minimum absolute atomic E-state index is 0.329. The standard InChI is InChI=1S/C10H21N3O4S/c1-5-12-9(15)13-8(14)7(2)18(16,17)6-10(3,4)11/h7H,5-6,11H2,1-4H3,(H2,12,13,14,15). The van der Waals surface area contributed by atoms with E-state index in [1.807, 2.05) is 5.32 Å². The molecule has 1 atom stereocenters. The van der Waals surface area contributed by atoms with Crippen LogP contribution in [0.2, 0.25) is 0 Å². The fourth-order valence-electron chi connectivity index (χ4n) is 1.22. The number of imide groups is 1. The molecule has 0 spiro atoms. The lowest BCUT2D eigenvalue weighted by Gasteiger charge is -2.21. The Balaban J connectivity index is 4.69. The molecule has 0 saturated carbocycles. The number of carbonyl (C=O) groups is 2. The molecule has 0 aliphatic carbocycles. The molecule has 0 aromatic carbocycles. The summed E-state index contributed by atoms with van der Waals surface area (Å²) in [5, 5.41) is 2.99. The number of amides is 3. The zero-order valence-corrected chi connectivity index (χ0v) is 11.9. The number of nitrogens with two attached hydrogens (primary N) is 1. The van der Waals surface area contributed by atoms with Gasteiger partial charge in [-0.15, -0.1) is 0 Å². The van der Waals surface area contributed by atoms with E-state index < -0.39 is 32.6 Å². The van der Waals surface area contributed by atoms with Crippen LogP contribution >= 0.6 is 0 Å². The van der Waals surface area contributed by atoms with E-state index in [0.29, 0.717) is 6.54 Å². The first-order valence-electron chi connectivity index (χ1n) is 5.58. The topological polar surface area (TPSA) is 118 Å². The molecule has 0 aromatic rings. The Morgan fingerprint density at radius 3 is 2.22 bits per heavy atom. The zero-order chi connectivity index (χ0) is 14.6. The smallest absolute Gasteiger partial charge is 0.321 e. The zero-order valence-electron chi connectivity index (χ0n) is 11.1. The molecule has 0 fully saturated rings. The van der Waals surface area contributed by atoms with Gasteiger partial charge in [0.15, 0.2) is 9.84 Å². The van der Waals surface area contributed by atoms with Crippen LogP contribution in [0.4, 0.5) is 4.79 Å². The maximum Gasteiger partial charge on any atom is 0.321 e. The minimum Gasteiger partial charge on any atom is -0.338 e. The van der Waals surface area contributed by atoms with Crippen LogP contribution in [0.5, 0.6) is 0 Å². The summed E-state index contributed by atoms with van der Waals surface area (Å²) in [7, 11) is -3.69. The molecular weight excluding hydrogens is 258 g/mol. The number of nitrogens with one attached hydrogen (secondary N) is 2. The van der Waals surface area contributed by atoms with Crippen LogP contribution in [-0.4, -0.2) is 43.4 Å². The van der Waals surface area contributed by atoms with Crippen molar-refractivity contribution < 1.29 is 18.0 Å². The Kier molecular flexibility index (Phi) is 5.75. The summed E-state index contributed by atoms with van der Waals surface area (Å²) < 4.78 is 23.7. The number of carbonyl (C=O) groups excluding carboxylic acids is 2. The van der Waals surface area contributed by atoms with Gasteiger partial charge in [-0.25, -0.2) is 13.2 Å². The molecule has 3 amide bonds. The molecule has 0 rings (SSSR count). The van der Waals surface area contributed by atoms with Crippen LogP contribution in [0, 0.1) is 0 Å². The average molecular weight is 279 g/mol. The first kappa shape index (κ1) is 16.9. The second-order valence-corrected chi connectivity index (χ2v) is 7.11. The number of rotatable bonds is 5. The molecule has 1 unspecified atom stereocenters. The third-order valence-corrected chi connectivity index (χ3v) is 4.49. The van der Waals surface area contributed by atoms with Crippen molar-refractivity contribution in [2.24, 2.45) is 5.73 Å². The monoisotopic (exact) mass is 279 g/mol. The summed E-state index contributed by atoms with van der Waals surface area (Å²) in [5.74, 6) is -1.19. The molecule has 106 valence electrons. The molecule has 8 heteroatoms. The highest BCUT2D eigenvalue weighted by atomic mass is 32.2. The molecule has 0 aromatic heterocycles. The Labute approximate surface area is 107 Å². The van der Waals surface area contributed by atoms with E-state index in [0.717, 1.165) is 0 Å². The molecule has 0 radical (unpaired) electrons. The summed E-state index contributed by atoms with van der Waals surface area (Å²) in [4.78, 5) is 22.7. The number of urea groups is 1. The molecule has 4 N–H and O–H groups in total. The lowest BCUT2D eigenvalue weighted by atomic mass is 10.1. The van der Waals surface area contributed by atoms with E-state index in [2.05, 4.69) is 5.32 Å². The first-order chi connectivity index (χ1) is 7.99. The molecule has 18 heavy (non-hydrogen) atoms. The Morgan fingerprint density at radius 1 is 1.33 bits per heavy atom. The van der Waals surface area contributed by atoms with Crippen LogP contribution in [0.3, 0.4) is 0 Å². The third-order valence-electron chi connectivity index (χ3n) is 2.06. The van der Waals surface area contributed by atoms with Crippen LogP contribution < -0.4 is 16.4 Å². The Morgan fingerprint density at radius 2 is 1.83 bits per heavy atom. The normalized spacial score (nSPS) is 13.8. The average Bonchev–Trinajstić information content (AvgIpc) is 2.12. The van der Waals surface area contributed by atoms with Crippen LogP contribution in [0.15, 0.2) is 0 Å². The maximum atomic E-state index is 11.9. The van der Waals surface area contributed by atoms with Gasteiger partial charge in [0.25, 0.3) is 0 Å². The van der Waals surface area contributed by atoms with E-state index in [-0.39, 0.29) is 5.75 Å². The SMILES string of the molecule is CCNC(=O)NC(=O)C(C)S(=O)(=O)CC(C)(C)N. The Bertz CT molecular complexity index is 411.